The number of nitrogen functional groups attached to an aromatic ring is 1. The van der Waals surface area contributed by atoms with Gasteiger partial charge in [-0.25, -0.2) is 0 Å². The lowest BCUT2D eigenvalue weighted by Crippen LogP contribution is -2.03. The molecule has 0 aromatic heterocycles. The van der Waals surface area contributed by atoms with Crippen molar-refractivity contribution in [1.29, 1.82) is 5.26 Å². The second-order valence-electron chi connectivity index (χ2n) is 2.63. The zero-order valence-corrected chi connectivity index (χ0v) is 8.71. The molecule has 0 amide bonds. The minimum atomic E-state index is -0.314. The van der Waals surface area contributed by atoms with Crippen LogP contribution in [0.2, 0.25) is 0 Å². The molecule has 1 aromatic carbocycles. The number of halogens is 1. The first-order valence-corrected chi connectivity index (χ1v) is 4.84. The van der Waals surface area contributed by atoms with E-state index >= 15 is 0 Å². The van der Waals surface area contributed by atoms with Crippen LogP contribution in [0.5, 0.6) is 5.75 Å². The van der Waals surface area contributed by atoms with Gasteiger partial charge in [-0.15, -0.1) is 0 Å². The van der Waals surface area contributed by atoms with Gasteiger partial charge in [-0.3, -0.25) is 4.79 Å². The minimum absolute atomic E-state index is 0.00861. The third kappa shape index (κ3) is 1.86. The van der Waals surface area contributed by atoms with E-state index in [9.17, 15) is 9.90 Å². The molecule has 0 saturated carbocycles. The van der Waals surface area contributed by atoms with Crippen LogP contribution in [0.4, 0.5) is 5.69 Å². The summed E-state index contributed by atoms with van der Waals surface area (Å²) in [4.78, 5) is 11.3. The molecule has 3 N–H and O–H groups in total. The molecule has 4 nitrogen and oxygen atoms in total. The zero-order valence-electron chi connectivity index (χ0n) is 7.12. The Morgan fingerprint density at radius 3 is 2.79 bits per heavy atom. The number of Topliss-reactive ketones (excluding diaryl/α,β-unsaturated/α-hetero) is 1. The van der Waals surface area contributed by atoms with Gasteiger partial charge in [0.1, 0.15) is 11.8 Å². The fraction of sp³-hybridized carbons (Fsp3) is 0.111. The molecule has 1 rings (SSSR count). The van der Waals surface area contributed by atoms with E-state index in [0.717, 1.165) is 0 Å². The molecule has 14 heavy (non-hydrogen) atoms. The predicted molar refractivity (Wildman–Crippen MR) is 55.4 cm³/mol. The molecule has 0 aliphatic rings. The summed E-state index contributed by atoms with van der Waals surface area (Å²) in [6.07, 6.45) is 0. The average Bonchev–Trinajstić information content (AvgIpc) is 2.19. The molecule has 0 radical (unpaired) electrons. The predicted octanol–water partition coefficient (Wildman–Crippen LogP) is 1.42. The second kappa shape index (κ2) is 4.11. The van der Waals surface area contributed by atoms with Crippen LogP contribution in [0.3, 0.4) is 0 Å². The second-order valence-corrected chi connectivity index (χ2v) is 3.19. The van der Waals surface area contributed by atoms with E-state index in [4.69, 9.17) is 11.0 Å². The minimum Gasteiger partial charge on any atom is -0.506 e. The largest absolute Gasteiger partial charge is 0.506 e. The third-order valence-electron chi connectivity index (χ3n) is 1.67. The maximum Gasteiger partial charge on any atom is 0.177 e. The summed E-state index contributed by atoms with van der Waals surface area (Å²) >= 11 is 2.97. The van der Waals surface area contributed by atoms with Crippen LogP contribution in [-0.2, 0) is 0 Å². The lowest BCUT2D eigenvalue weighted by atomic mass is 10.1. The van der Waals surface area contributed by atoms with E-state index in [0.29, 0.717) is 0 Å². The number of hydrogen-bond acceptors (Lipinski definition) is 4. The van der Waals surface area contributed by atoms with Gasteiger partial charge in [0.05, 0.1) is 16.5 Å². The number of carbonyl (C=O) groups excluding carboxylic acids is 1. The molecule has 0 spiro atoms. The summed E-state index contributed by atoms with van der Waals surface area (Å²) in [6, 6.07) is 4.42. The van der Waals surface area contributed by atoms with Gasteiger partial charge in [-0.1, -0.05) is 15.9 Å². The average molecular weight is 255 g/mol. The summed E-state index contributed by atoms with van der Waals surface area (Å²) < 4.78 is 0. The molecular formula is C9H7BrN2O2. The number of hydrogen-bond donors (Lipinski definition) is 2. The van der Waals surface area contributed by atoms with E-state index in [1.165, 1.54) is 12.1 Å². The van der Waals surface area contributed by atoms with Gasteiger partial charge >= 0.3 is 0 Å². The number of nitrogens with two attached hydrogens (primary N) is 1. The van der Waals surface area contributed by atoms with Crippen molar-refractivity contribution in [3.8, 4) is 11.8 Å². The van der Waals surface area contributed by atoms with Crippen LogP contribution in [0.1, 0.15) is 15.9 Å². The fourth-order valence-electron chi connectivity index (χ4n) is 1.03. The van der Waals surface area contributed by atoms with Crippen molar-refractivity contribution < 1.29 is 9.90 Å². The smallest absolute Gasteiger partial charge is 0.177 e. The van der Waals surface area contributed by atoms with Gasteiger partial charge in [0.15, 0.2) is 5.78 Å². The molecule has 0 unspecified atom stereocenters. The van der Waals surface area contributed by atoms with E-state index in [-0.39, 0.29) is 33.7 Å². The number of alkyl halides is 1. The van der Waals surface area contributed by atoms with E-state index in [1.54, 1.807) is 6.07 Å². The summed E-state index contributed by atoms with van der Waals surface area (Å²) in [6.45, 7) is 0. The van der Waals surface area contributed by atoms with E-state index in [2.05, 4.69) is 15.9 Å². The number of nitrogens with zero attached hydrogens (tertiary/aromatic N) is 1. The van der Waals surface area contributed by atoms with Crippen LogP contribution in [0.25, 0.3) is 0 Å². The van der Waals surface area contributed by atoms with Crippen molar-refractivity contribution >= 4 is 27.4 Å². The van der Waals surface area contributed by atoms with Crippen LogP contribution < -0.4 is 5.73 Å². The Labute approximate surface area is 89.1 Å². The SMILES string of the molecule is N#Cc1cc(N)cc(C(=O)CBr)c1O. The van der Waals surface area contributed by atoms with Crippen molar-refractivity contribution in [1.82, 2.24) is 0 Å². The van der Waals surface area contributed by atoms with E-state index in [1.807, 2.05) is 0 Å². The Bertz CT molecular complexity index is 424. The van der Waals surface area contributed by atoms with Gasteiger partial charge < -0.3 is 10.8 Å². The summed E-state index contributed by atoms with van der Waals surface area (Å²) in [5.41, 5.74) is 5.82. The Morgan fingerprint density at radius 2 is 2.29 bits per heavy atom. The summed E-state index contributed by atoms with van der Waals surface area (Å²) in [7, 11) is 0. The lowest BCUT2D eigenvalue weighted by molar-refractivity contribution is 0.102. The zero-order chi connectivity index (χ0) is 10.7. The number of rotatable bonds is 2. The topological polar surface area (TPSA) is 87.1 Å². The Morgan fingerprint density at radius 1 is 1.64 bits per heavy atom. The molecule has 0 bridgehead atoms. The van der Waals surface area contributed by atoms with E-state index < -0.39 is 0 Å². The Balaban J connectivity index is 3.38. The maximum absolute atomic E-state index is 11.3. The standard InChI is InChI=1S/C9H7BrN2O2/c10-3-8(13)7-2-6(12)1-5(4-11)9(7)14/h1-2,14H,3,12H2. The summed E-state index contributed by atoms with van der Waals surface area (Å²) in [5, 5.41) is 18.2. The fourth-order valence-corrected chi connectivity index (χ4v) is 1.33. The Hall–Kier alpha value is -1.54. The number of nitriles is 1. The van der Waals surface area contributed by atoms with Crippen LogP contribution in [-0.4, -0.2) is 16.2 Å². The van der Waals surface area contributed by atoms with Crippen molar-refractivity contribution in [3.05, 3.63) is 23.3 Å². The summed E-state index contributed by atoms with van der Waals surface area (Å²) in [5.74, 6) is -0.627. The normalized spacial score (nSPS) is 9.43. The van der Waals surface area contributed by atoms with Gasteiger partial charge in [0.25, 0.3) is 0 Å². The first-order valence-electron chi connectivity index (χ1n) is 3.72. The number of ketones is 1. The van der Waals surface area contributed by atoms with Gasteiger partial charge in [0.2, 0.25) is 0 Å². The lowest BCUT2D eigenvalue weighted by Gasteiger charge is -2.04. The molecule has 0 aliphatic carbocycles. The molecule has 5 heteroatoms. The number of phenolic OH excluding ortho intramolecular Hbond substituents is 1. The highest BCUT2D eigenvalue weighted by molar-refractivity contribution is 9.09. The molecule has 0 aliphatic heterocycles. The maximum atomic E-state index is 11.3. The van der Waals surface area contributed by atoms with Gasteiger partial charge in [0, 0.05) is 5.69 Å². The highest BCUT2D eigenvalue weighted by Gasteiger charge is 2.14. The van der Waals surface area contributed by atoms with Gasteiger partial charge in [-0.05, 0) is 12.1 Å². The monoisotopic (exact) mass is 254 g/mol. The van der Waals surface area contributed by atoms with Crippen molar-refractivity contribution in [3.63, 3.8) is 0 Å². The van der Waals surface area contributed by atoms with Crippen LogP contribution in [0, 0.1) is 11.3 Å². The van der Waals surface area contributed by atoms with Crippen molar-refractivity contribution in [2.45, 2.75) is 0 Å². The molecule has 72 valence electrons. The highest BCUT2D eigenvalue weighted by atomic mass is 79.9. The number of carbonyl (C=O) groups is 1. The van der Waals surface area contributed by atoms with Crippen molar-refractivity contribution in [2.75, 3.05) is 11.1 Å². The first kappa shape index (κ1) is 10.5. The third-order valence-corrected chi connectivity index (χ3v) is 2.18. The molecule has 0 fully saturated rings. The molecular weight excluding hydrogens is 248 g/mol. The first-order chi connectivity index (χ1) is 6.60. The number of benzene rings is 1. The van der Waals surface area contributed by atoms with Crippen molar-refractivity contribution in [2.24, 2.45) is 0 Å². The quantitative estimate of drug-likeness (QED) is 0.362. The molecule has 1 aromatic rings. The number of phenols is 1. The highest BCUT2D eigenvalue weighted by Crippen LogP contribution is 2.25. The number of anilines is 1. The number of aromatic hydroxyl groups is 1. The Kier molecular flexibility index (Phi) is 3.10. The van der Waals surface area contributed by atoms with Crippen LogP contribution >= 0.6 is 15.9 Å². The molecule has 0 heterocycles. The van der Waals surface area contributed by atoms with Crippen LogP contribution in [0.15, 0.2) is 12.1 Å². The molecule has 0 atom stereocenters. The van der Waals surface area contributed by atoms with Gasteiger partial charge in [-0.2, -0.15) is 5.26 Å². The molecule has 0 saturated heterocycles.